The van der Waals surface area contributed by atoms with Crippen LogP contribution >= 0.6 is 11.8 Å². The Hall–Kier alpha value is -1.10. The van der Waals surface area contributed by atoms with Crippen LogP contribution in [0.4, 0.5) is 0 Å². The van der Waals surface area contributed by atoms with E-state index in [9.17, 15) is 4.79 Å². The first-order valence-corrected chi connectivity index (χ1v) is 6.58. The maximum atomic E-state index is 10.9. The molecule has 0 bridgehead atoms. The molecule has 0 spiro atoms. The van der Waals surface area contributed by atoms with Crippen molar-refractivity contribution in [2.75, 3.05) is 0 Å². The summed E-state index contributed by atoms with van der Waals surface area (Å²) >= 11 is 1.50. The molecule has 0 aromatic carbocycles. The number of thioether (sulfide) groups is 1. The van der Waals surface area contributed by atoms with E-state index in [1.165, 1.54) is 11.8 Å². The van der Waals surface area contributed by atoms with Crippen LogP contribution in [0.15, 0.2) is 5.16 Å². The minimum Gasteiger partial charge on any atom is -0.481 e. The zero-order valence-electron chi connectivity index (χ0n) is 10.2. The van der Waals surface area contributed by atoms with Crippen LogP contribution in [-0.2, 0) is 4.79 Å². The lowest BCUT2D eigenvalue weighted by Crippen LogP contribution is -2.35. The van der Waals surface area contributed by atoms with Crippen LogP contribution in [0, 0.1) is 26.7 Å². The molecule has 17 heavy (non-hydrogen) atoms. The van der Waals surface area contributed by atoms with Crippen LogP contribution in [-0.4, -0.2) is 26.3 Å². The zero-order valence-corrected chi connectivity index (χ0v) is 11.0. The van der Waals surface area contributed by atoms with Crippen molar-refractivity contribution in [3.8, 4) is 0 Å². The van der Waals surface area contributed by atoms with Crippen molar-refractivity contribution in [1.29, 1.82) is 0 Å². The number of hydrogen-bond acceptors (Lipinski definition) is 4. The molecular formula is C12H16N2O2S. The van der Waals surface area contributed by atoms with Gasteiger partial charge in [0.2, 0.25) is 0 Å². The second-order valence-corrected chi connectivity index (χ2v) is 5.69. The molecule has 1 heterocycles. The molecule has 1 saturated carbocycles. The lowest BCUT2D eigenvalue weighted by molar-refractivity contribution is -0.144. The highest BCUT2D eigenvalue weighted by Gasteiger charge is 2.37. The van der Waals surface area contributed by atoms with Gasteiger partial charge in [-0.25, -0.2) is 9.97 Å². The van der Waals surface area contributed by atoms with E-state index in [0.29, 0.717) is 5.16 Å². The standard InChI is InChI=1S/C12H16N2O2S/c1-6-7(2)13-12(14-8(6)3)17-10-5-4-9(10)11(15)16/h9-10H,4-5H2,1-3H3,(H,15,16). The van der Waals surface area contributed by atoms with Gasteiger partial charge in [0.1, 0.15) is 0 Å². The van der Waals surface area contributed by atoms with E-state index >= 15 is 0 Å². The SMILES string of the molecule is Cc1nc(SC2CCC2C(=O)O)nc(C)c1C. The highest BCUT2D eigenvalue weighted by atomic mass is 32.2. The van der Waals surface area contributed by atoms with Crippen LogP contribution < -0.4 is 0 Å². The van der Waals surface area contributed by atoms with Gasteiger partial charge in [-0.3, -0.25) is 4.79 Å². The number of rotatable bonds is 3. The Labute approximate surface area is 105 Å². The monoisotopic (exact) mass is 252 g/mol. The summed E-state index contributed by atoms with van der Waals surface area (Å²) < 4.78 is 0. The predicted octanol–water partition coefficient (Wildman–Crippen LogP) is 2.36. The summed E-state index contributed by atoms with van der Waals surface area (Å²) in [5.74, 6) is -0.931. The largest absolute Gasteiger partial charge is 0.481 e. The van der Waals surface area contributed by atoms with Crippen molar-refractivity contribution in [2.24, 2.45) is 5.92 Å². The number of carbonyl (C=O) groups is 1. The average Bonchev–Trinajstić information content (AvgIpc) is 2.20. The van der Waals surface area contributed by atoms with Crippen molar-refractivity contribution in [1.82, 2.24) is 9.97 Å². The Kier molecular flexibility index (Phi) is 3.38. The molecule has 2 unspecified atom stereocenters. The molecule has 92 valence electrons. The Morgan fingerprint density at radius 1 is 1.24 bits per heavy atom. The maximum absolute atomic E-state index is 10.9. The number of carboxylic acids is 1. The third-order valence-corrected chi connectivity index (χ3v) is 4.66. The first-order valence-electron chi connectivity index (χ1n) is 5.70. The van der Waals surface area contributed by atoms with E-state index in [4.69, 9.17) is 5.11 Å². The molecule has 4 nitrogen and oxygen atoms in total. The summed E-state index contributed by atoms with van der Waals surface area (Å²) in [5.41, 5.74) is 3.06. The molecule has 1 N–H and O–H groups in total. The van der Waals surface area contributed by atoms with E-state index in [0.717, 1.165) is 29.8 Å². The maximum Gasteiger partial charge on any atom is 0.307 e. The molecule has 0 radical (unpaired) electrons. The first kappa shape index (κ1) is 12.4. The Morgan fingerprint density at radius 2 is 1.82 bits per heavy atom. The van der Waals surface area contributed by atoms with Gasteiger partial charge in [0.15, 0.2) is 5.16 Å². The summed E-state index contributed by atoms with van der Waals surface area (Å²) in [5, 5.41) is 9.82. The van der Waals surface area contributed by atoms with Crippen molar-refractivity contribution in [3.63, 3.8) is 0 Å². The lowest BCUT2D eigenvalue weighted by atomic mass is 9.85. The van der Waals surface area contributed by atoms with Crippen molar-refractivity contribution >= 4 is 17.7 Å². The van der Waals surface area contributed by atoms with Crippen LogP contribution in [0.1, 0.15) is 29.8 Å². The van der Waals surface area contributed by atoms with Crippen LogP contribution in [0.5, 0.6) is 0 Å². The fraction of sp³-hybridized carbons (Fsp3) is 0.583. The lowest BCUT2D eigenvalue weighted by Gasteiger charge is -2.32. The summed E-state index contributed by atoms with van der Waals surface area (Å²) in [6.07, 6.45) is 1.72. The summed E-state index contributed by atoms with van der Waals surface area (Å²) in [6.45, 7) is 5.93. The highest BCUT2D eigenvalue weighted by Crippen LogP contribution is 2.40. The van der Waals surface area contributed by atoms with Gasteiger partial charge in [0, 0.05) is 16.6 Å². The third kappa shape index (κ3) is 2.44. The highest BCUT2D eigenvalue weighted by molar-refractivity contribution is 7.99. The predicted molar refractivity (Wildman–Crippen MR) is 66.2 cm³/mol. The Bertz CT molecular complexity index is 439. The van der Waals surface area contributed by atoms with E-state index in [1.807, 2.05) is 20.8 Å². The molecule has 5 heteroatoms. The summed E-state index contributed by atoms with van der Waals surface area (Å²) in [6, 6.07) is 0. The minimum atomic E-state index is -0.700. The average molecular weight is 252 g/mol. The second-order valence-electron chi connectivity index (χ2n) is 4.48. The van der Waals surface area contributed by atoms with Gasteiger partial charge in [-0.2, -0.15) is 0 Å². The van der Waals surface area contributed by atoms with Crippen LogP contribution in [0.25, 0.3) is 0 Å². The number of carboxylic acid groups (broad SMARTS) is 1. The van der Waals surface area contributed by atoms with Crippen LogP contribution in [0.2, 0.25) is 0 Å². The molecule has 0 aliphatic heterocycles. The number of nitrogens with zero attached hydrogens (tertiary/aromatic N) is 2. The van der Waals surface area contributed by atoms with Gasteiger partial charge >= 0.3 is 5.97 Å². The smallest absolute Gasteiger partial charge is 0.307 e. The molecule has 1 aliphatic rings. The van der Waals surface area contributed by atoms with Gasteiger partial charge in [-0.1, -0.05) is 11.8 Å². The number of aryl methyl sites for hydroxylation is 2. The van der Waals surface area contributed by atoms with E-state index in [-0.39, 0.29) is 11.2 Å². The molecule has 0 saturated heterocycles. The quantitative estimate of drug-likeness (QED) is 0.837. The fourth-order valence-corrected chi connectivity index (χ4v) is 3.14. The summed E-state index contributed by atoms with van der Waals surface area (Å²) in [7, 11) is 0. The molecule has 2 atom stereocenters. The Balaban J connectivity index is 2.12. The van der Waals surface area contributed by atoms with E-state index in [1.54, 1.807) is 0 Å². The molecular weight excluding hydrogens is 236 g/mol. The van der Waals surface area contributed by atoms with Gasteiger partial charge in [0.05, 0.1) is 5.92 Å². The number of aliphatic carboxylic acids is 1. The van der Waals surface area contributed by atoms with E-state index in [2.05, 4.69) is 9.97 Å². The normalized spacial score (nSPS) is 23.2. The molecule has 1 aliphatic carbocycles. The topological polar surface area (TPSA) is 63.1 Å². The minimum absolute atomic E-state index is 0.133. The number of hydrogen-bond donors (Lipinski definition) is 1. The van der Waals surface area contributed by atoms with Crippen molar-refractivity contribution in [2.45, 2.75) is 44.0 Å². The summed E-state index contributed by atoms with van der Waals surface area (Å²) in [4.78, 5) is 19.7. The van der Waals surface area contributed by atoms with Gasteiger partial charge in [-0.15, -0.1) is 0 Å². The zero-order chi connectivity index (χ0) is 12.6. The molecule has 2 rings (SSSR count). The van der Waals surface area contributed by atoms with Crippen molar-refractivity contribution < 1.29 is 9.90 Å². The second kappa shape index (κ2) is 4.64. The van der Waals surface area contributed by atoms with Crippen molar-refractivity contribution in [3.05, 3.63) is 17.0 Å². The van der Waals surface area contributed by atoms with Gasteiger partial charge in [-0.05, 0) is 39.2 Å². The van der Waals surface area contributed by atoms with Gasteiger partial charge in [0.25, 0.3) is 0 Å². The molecule has 1 fully saturated rings. The molecule has 1 aromatic heterocycles. The first-order chi connectivity index (χ1) is 7.99. The van der Waals surface area contributed by atoms with Crippen LogP contribution in [0.3, 0.4) is 0 Å². The Morgan fingerprint density at radius 3 is 2.24 bits per heavy atom. The fourth-order valence-electron chi connectivity index (χ4n) is 1.82. The third-order valence-electron chi connectivity index (χ3n) is 3.40. The number of aromatic nitrogens is 2. The molecule has 1 aromatic rings. The molecule has 0 amide bonds. The van der Waals surface area contributed by atoms with Gasteiger partial charge < -0.3 is 5.11 Å². The van der Waals surface area contributed by atoms with E-state index < -0.39 is 5.97 Å².